The van der Waals surface area contributed by atoms with E-state index in [-0.39, 0.29) is 6.04 Å². The Morgan fingerprint density at radius 1 is 1.38 bits per heavy atom. The third-order valence-corrected chi connectivity index (χ3v) is 5.27. The average Bonchev–Trinajstić information content (AvgIpc) is 2.40. The molecule has 7 heteroatoms. The van der Waals surface area contributed by atoms with Crippen LogP contribution in [0.15, 0.2) is 18.2 Å². The summed E-state index contributed by atoms with van der Waals surface area (Å²) in [5, 5.41) is 0. The second-order valence-corrected chi connectivity index (χ2v) is 7.59. The minimum absolute atomic E-state index is 0.0998. The average molecular weight is 318 g/mol. The highest BCUT2D eigenvalue weighted by Gasteiger charge is 2.28. The molecule has 4 nitrogen and oxygen atoms in total. The molecule has 21 heavy (non-hydrogen) atoms. The van der Waals surface area contributed by atoms with E-state index >= 15 is 0 Å². The molecule has 0 bridgehead atoms. The zero-order chi connectivity index (χ0) is 15.6. The van der Waals surface area contributed by atoms with E-state index in [1.165, 1.54) is 22.7 Å². The number of nitrogens with zero attached hydrogens (tertiary/aromatic N) is 2. The van der Waals surface area contributed by atoms with Gasteiger partial charge < -0.3 is 0 Å². The molecule has 0 spiro atoms. The van der Waals surface area contributed by atoms with Crippen LogP contribution in [0, 0.1) is 11.6 Å². The van der Waals surface area contributed by atoms with Crippen molar-refractivity contribution < 1.29 is 17.2 Å². The van der Waals surface area contributed by atoms with Crippen molar-refractivity contribution in [3.63, 3.8) is 0 Å². The number of likely N-dealkylation sites (tertiary alicyclic amines) is 1. The fraction of sp³-hybridized carbons (Fsp3) is 0.571. The van der Waals surface area contributed by atoms with Gasteiger partial charge in [-0.25, -0.2) is 21.5 Å². The number of likely N-dealkylation sites (N-methyl/N-ethyl adjacent to an activating group) is 1. The molecule has 1 aliphatic heterocycles. The van der Waals surface area contributed by atoms with Gasteiger partial charge in [0.25, 0.3) is 0 Å². The maximum atomic E-state index is 13.7. The molecule has 0 radical (unpaired) electrons. The van der Waals surface area contributed by atoms with E-state index in [1.54, 1.807) is 7.05 Å². The highest BCUT2D eigenvalue weighted by Crippen LogP contribution is 2.20. The zero-order valence-electron chi connectivity index (χ0n) is 12.2. The fourth-order valence-electron chi connectivity index (χ4n) is 2.63. The van der Waals surface area contributed by atoms with Gasteiger partial charge in [0.05, 0.1) is 6.26 Å². The van der Waals surface area contributed by atoms with Crippen molar-refractivity contribution in [3.8, 4) is 0 Å². The molecule has 1 aliphatic rings. The van der Waals surface area contributed by atoms with Crippen LogP contribution in [-0.4, -0.2) is 50.1 Å². The topological polar surface area (TPSA) is 40.6 Å². The zero-order valence-corrected chi connectivity index (χ0v) is 13.0. The predicted molar refractivity (Wildman–Crippen MR) is 77.3 cm³/mol. The lowest BCUT2D eigenvalue weighted by Gasteiger charge is -2.36. The lowest BCUT2D eigenvalue weighted by Crippen LogP contribution is -2.47. The van der Waals surface area contributed by atoms with Crippen LogP contribution < -0.4 is 0 Å². The van der Waals surface area contributed by atoms with Crippen molar-refractivity contribution in [2.24, 2.45) is 0 Å². The number of hydrogen-bond donors (Lipinski definition) is 0. The summed E-state index contributed by atoms with van der Waals surface area (Å²) in [5.41, 5.74) is 0.430. The second kappa shape index (κ2) is 6.37. The lowest BCUT2D eigenvalue weighted by atomic mass is 10.0. The van der Waals surface area contributed by atoms with Gasteiger partial charge in [0, 0.05) is 37.8 Å². The van der Waals surface area contributed by atoms with E-state index in [1.807, 2.05) is 4.90 Å². The van der Waals surface area contributed by atoms with Gasteiger partial charge in [0.15, 0.2) is 0 Å². The number of rotatable bonds is 4. The van der Waals surface area contributed by atoms with Crippen molar-refractivity contribution in [1.29, 1.82) is 0 Å². The summed E-state index contributed by atoms with van der Waals surface area (Å²) in [4.78, 5) is 2.01. The van der Waals surface area contributed by atoms with Crippen LogP contribution in [0.5, 0.6) is 0 Å². The molecule has 0 unspecified atom stereocenters. The minimum atomic E-state index is -3.23. The fourth-order valence-corrected chi connectivity index (χ4v) is 3.35. The van der Waals surface area contributed by atoms with Crippen molar-refractivity contribution in [2.75, 3.05) is 26.4 Å². The highest BCUT2D eigenvalue weighted by molar-refractivity contribution is 7.88. The van der Waals surface area contributed by atoms with Crippen molar-refractivity contribution >= 4 is 10.0 Å². The van der Waals surface area contributed by atoms with E-state index < -0.39 is 21.7 Å². The summed E-state index contributed by atoms with van der Waals surface area (Å²) < 4.78 is 51.1. The Balaban J connectivity index is 2.04. The highest BCUT2D eigenvalue weighted by atomic mass is 32.2. The van der Waals surface area contributed by atoms with Crippen LogP contribution in [0.4, 0.5) is 8.78 Å². The van der Waals surface area contributed by atoms with Gasteiger partial charge in [0.1, 0.15) is 11.6 Å². The van der Waals surface area contributed by atoms with Crippen LogP contribution in [0.1, 0.15) is 18.4 Å². The van der Waals surface area contributed by atoms with Crippen LogP contribution in [0.25, 0.3) is 0 Å². The molecule has 2 rings (SSSR count). The molecule has 1 aromatic carbocycles. The third-order valence-electron chi connectivity index (χ3n) is 3.93. The van der Waals surface area contributed by atoms with Gasteiger partial charge in [-0.1, -0.05) is 6.07 Å². The molecule has 0 saturated carbocycles. The van der Waals surface area contributed by atoms with Crippen LogP contribution >= 0.6 is 0 Å². The molecule has 0 amide bonds. The molecule has 0 aliphatic carbocycles. The molecule has 1 atom stereocenters. The van der Waals surface area contributed by atoms with Crippen molar-refractivity contribution in [1.82, 2.24) is 9.21 Å². The first kappa shape index (κ1) is 16.3. The molecular formula is C14H20F2N2O2S. The summed E-state index contributed by atoms with van der Waals surface area (Å²) in [5.74, 6) is -1.15. The van der Waals surface area contributed by atoms with E-state index in [0.29, 0.717) is 18.7 Å². The van der Waals surface area contributed by atoms with Crippen molar-refractivity contribution in [3.05, 3.63) is 35.4 Å². The largest absolute Gasteiger partial charge is 0.297 e. The smallest absolute Gasteiger partial charge is 0.211 e. The molecule has 0 N–H and O–H groups in total. The summed E-state index contributed by atoms with van der Waals surface area (Å²) in [6.07, 6.45) is 2.84. The van der Waals surface area contributed by atoms with E-state index in [0.717, 1.165) is 25.5 Å². The number of sulfonamides is 1. The summed E-state index contributed by atoms with van der Waals surface area (Å²) in [7, 11) is -1.66. The Labute approximate surface area is 124 Å². The normalized spacial score (nSPS) is 20.9. The first-order chi connectivity index (χ1) is 9.77. The van der Waals surface area contributed by atoms with E-state index in [4.69, 9.17) is 0 Å². The number of halogens is 2. The van der Waals surface area contributed by atoms with Crippen LogP contribution in [0.3, 0.4) is 0 Å². The van der Waals surface area contributed by atoms with E-state index in [9.17, 15) is 17.2 Å². The lowest BCUT2D eigenvalue weighted by molar-refractivity contribution is 0.152. The van der Waals surface area contributed by atoms with Gasteiger partial charge in [-0.3, -0.25) is 4.90 Å². The van der Waals surface area contributed by atoms with E-state index in [2.05, 4.69) is 0 Å². The Bertz CT molecular complexity index is 607. The molecule has 1 saturated heterocycles. The molecule has 118 valence electrons. The summed E-state index contributed by atoms with van der Waals surface area (Å²) >= 11 is 0. The van der Waals surface area contributed by atoms with Gasteiger partial charge in [-0.2, -0.15) is 0 Å². The Hall–Kier alpha value is -1.05. The maximum absolute atomic E-state index is 13.7. The molecule has 0 aromatic heterocycles. The quantitative estimate of drug-likeness (QED) is 0.850. The molecule has 1 aromatic rings. The first-order valence-corrected chi connectivity index (χ1v) is 8.71. The van der Waals surface area contributed by atoms with Gasteiger partial charge in [-0.05, 0) is 25.5 Å². The summed E-state index contributed by atoms with van der Waals surface area (Å²) in [6, 6.07) is 3.45. The first-order valence-electron chi connectivity index (χ1n) is 6.86. The summed E-state index contributed by atoms with van der Waals surface area (Å²) in [6.45, 7) is 1.70. The maximum Gasteiger partial charge on any atom is 0.211 e. The number of piperidine rings is 1. The van der Waals surface area contributed by atoms with Crippen molar-refractivity contribution in [2.45, 2.75) is 25.4 Å². The standard InChI is InChI=1S/C14H20F2N2O2S/c1-17(21(2,19)20)13-4-3-7-18(10-13)9-11-5-6-12(15)8-14(11)16/h5-6,8,13H,3-4,7,9-10H2,1-2H3/t13-/m1/s1. The monoisotopic (exact) mass is 318 g/mol. The molecule has 1 heterocycles. The van der Waals surface area contributed by atoms with Gasteiger partial charge in [0.2, 0.25) is 10.0 Å². The van der Waals surface area contributed by atoms with Gasteiger partial charge in [-0.15, -0.1) is 0 Å². The Kier molecular flexibility index (Phi) is 4.95. The molecular weight excluding hydrogens is 298 g/mol. The number of benzene rings is 1. The van der Waals surface area contributed by atoms with Crippen LogP contribution in [-0.2, 0) is 16.6 Å². The van der Waals surface area contributed by atoms with Gasteiger partial charge >= 0.3 is 0 Å². The third kappa shape index (κ3) is 4.21. The SMILES string of the molecule is CN([C@@H]1CCCN(Cc2ccc(F)cc2F)C1)S(C)(=O)=O. The predicted octanol–water partition coefficient (Wildman–Crippen LogP) is 1.82. The second-order valence-electron chi connectivity index (χ2n) is 5.55. The number of hydrogen-bond acceptors (Lipinski definition) is 3. The minimum Gasteiger partial charge on any atom is -0.297 e. The Morgan fingerprint density at radius 3 is 2.71 bits per heavy atom. The van der Waals surface area contributed by atoms with Crippen LogP contribution in [0.2, 0.25) is 0 Å². The molecule has 1 fully saturated rings. The Morgan fingerprint density at radius 2 is 2.10 bits per heavy atom.